The molecule has 3 aromatic rings. The van der Waals surface area contributed by atoms with Gasteiger partial charge in [0.1, 0.15) is 17.7 Å². The van der Waals surface area contributed by atoms with Crippen molar-refractivity contribution in [2.45, 2.75) is 0 Å². The lowest BCUT2D eigenvalue weighted by Crippen LogP contribution is -1.86. The minimum absolute atomic E-state index is 0.626. The summed E-state index contributed by atoms with van der Waals surface area (Å²) in [7, 11) is 1.62. The Bertz CT molecular complexity index is 835. The van der Waals surface area contributed by atoms with E-state index < -0.39 is 0 Å². The van der Waals surface area contributed by atoms with Crippen LogP contribution in [0.25, 0.3) is 28.7 Å². The second-order valence-electron chi connectivity index (χ2n) is 4.87. The van der Waals surface area contributed by atoms with Gasteiger partial charge < -0.3 is 9.26 Å². The van der Waals surface area contributed by atoms with Crippen LogP contribution < -0.4 is 4.74 Å². The zero-order valence-electron chi connectivity index (χ0n) is 12.6. The maximum absolute atomic E-state index is 10.7. The number of aldehydes is 1. The van der Waals surface area contributed by atoms with Gasteiger partial charge in [-0.3, -0.25) is 4.79 Å². The lowest BCUT2D eigenvalue weighted by Gasteiger charge is -2.03. The summed E-state index contributed by atoms with van der Waals surface area (Å²) in [4.78, 5) is 10.7. The van der Waals surface area contributed by atoms with E-state index in [0.29, 0.717) is 11.5 Å². The topological polar surface area (TPSA) is 52.3 Å². The molecule has 0 saturated heterocycles. The van der Waals surface area contributed by atoms with E-state index in [-0.39, 0.29) is 0 Å². The van der Waals surface area contributed by atoms with Crippen LogP contribution in [0.15, 0.2) is 65.2 Å². The maximum Gasteiger partial charge on any atom is 0.174 e. The Hall–Kier alpha value is -3.14. The van der Waals surface area contributed by atoms with Crippen molar-refractivity contribution in [1.29, 1.82) is 0 Å². The van der Waals surface area contributed by atoms with Gasteiger partial charge in [0.25, 0.3) is 0 Å². The third-order valence-electron chi connectivity index (χ3n) is 3.45. The number of ether oxygens (including phenoxy) is 1. The van der Waals surface area contributed by atoms with Crippen molar-refractivity contribution in [3.63, 3.8) is 0 Å². The minimum Gasteiger partial charge on any atom is -0.497 e. The molecule has 0 aliphatic rings. The summed E-state index contributed by atoms with van der Waals surface area (Å²) < 4.78 is 10.8. The summed E-state index contributed by atoms with van der Waals surface area (Å²) in [6, 6.07) is 17.2. The Balaban J connectivity index is 2.15. The van der Waals surface area contributed by atoms with Gasteiger partial charge >= 0.3 is 0 Å². The Morgan fingerprint density at radius 3 is 2.57 bits per heavy atom. The van der Waals surface area contributed by atoms with Gasteiger partial charge in [0.05, 0.1) is 12.7 Å². The molecule has 0 N–H and O–H groups in total. The molecule has 4 nitrogen and oxygen atoms in total. The van der Waals surface area contributed by atoms with Crippen molar-refractivity contribution in [3.8, 4) is 28.3 Å². The minimum atomic E-state index is 0.626. The number of carbonyl (C=O) groups excluding carboxylic acids is 1. The third kappa shape index (κ3) is 3.06. The number of hydrogen-bond donors (Lipinski definition) is 0. The average Bonchev–Trinajstić information content (AvgIpc) is 3.04. The number of nitrogens with zero attached hydrogens (tertiary/aromatic N) is 1. The van der Waals surface area contributed by atoms with Gasteiger partial charge in [0.15, 0.2) is 5.76 Å². The fourth-order valence-electron chi connectivity index (χ4n) is 2.36. The zero-order chi connectivity index (χ0) is 16.1. The van der Waals surface area contributed by atoms with Crippen LogP contribution in [0.5, 0.6) is 5.75 Å². The Morgan fingerprint density at radius 1 is 1.04 bits per heavy atom. The number of benzene rings is 2. The van der Waals surface area contributed by atoms with Crippen LogP contribution in [0.1, 0.15) is 5.56 Å². The van der Waals surface area contributed by atoms with Crippen LogP contribution in [0, 0.1) is 0 Å². The van der Waals surface area contributed by atoms with Gasteiger partial charge in [-0.05, 0) is 24.3 Å². The van der Waals surface area contributed by atoms with Crippen molar-refractivity contribution in [1.82, 2.24) is 5.16 Å². The fourth-order valence-corrected chi connectivity index (χ4v) is 2.36. The zero-order valence-corrected chi connectivity index (χ0v) is 12.6. The molecule has 0 fully saturated rings. The predicted molar refractivity (Wildman–Crippen MR) is 89.0 cm³/mol. The summed E-state index contributed by atoms with van der Waals surface area (Å²) in [5.74, 6) is 1.36. The molecule has 2 aromatic carbocycles. The molecular weight excluding hydrogens is 290 g/mol. The van der Waals surface area contributed by atoms with E-state index in [1.165, 1.54) is 6.08 Å². The Kier molecular flexibility index (Phi) is 4.34. The lowest BCUT2D eigenvalue weighted by molar-refractivity contribution is -0.104. The second-order valence-corrected chi connectivity index (χ2v) is 4.87. The molecule has 0 aliphatic carbocycles. The van der Waals surface area contributed by atoms with Gasteiger partial charge in [0, 0.05) is 11.1 Å². The summed E-state index contributed by atoms with van der Waals surface area (Å²) in [5.41, 5.74) is 3.19. The molecule has 114 valence electrons. The number of allylic oxidation sites excluding steroid dienone is 1. The van der Waals surface area contributed by atoms with Gasteiger partial charge in [-0.15, -0.1) is 0 Å². The monoisotopic (exact) mass is 305 g/mol. The molecule has 0 atom stereocenters. The maximum atomic E-state index is 10.7. The number of aromatic nitrogens is 1. The normalized spacial score (nSPS) is 10.8. The number of rotatable bonds is 5. The first-order chi connectivity index (χ1) is 11.3. The van der Waals surface area contributed by atoms with E-state index in [1.807, 2.05) is 54.6 Å². The Morgan fingerprint density at radius 2 is 1.83 bits per heavy atom. The van der Waals surface area contributed by atoms with Crippen LogP contribution in [0.3, 0.4) is 0 Å². The third-order valence-corrected chi connectivity index (χ3v) is 3.45. The van der Waals surface area contributed by atoms with E-state index in [9.17, 15) is 4.79 Å². The summed E-state index contributed by atoms with van der Waals surface area (Å²) >= 11 is 0. The van der Waals surface area contributed by atoms with Gasteiger partial charge in [-0.25, -0.2) is 0 Å². The molecular formula is C19H15NO3. The molecule has 0 aliphatic heterocycles. The fraction of sp³-hybridized carbons (Fsp3) is 0.0526. The van der Waals surface area contributed by atoms with Gasteiger partial charge in [-0.1, -0.05) is 47.6 Å². The number of carbonyl (C=O) groups is 1. The van der Waals surface area contributed by atoms with Crippen LogP contribution in [-0.2, 0) is 4.79 Å². The quantitative estimate of drug-likeness (QED) is 0.523. The van der Waals surface area contributed by atoms with E-state index in [4.69, 9.17) is 9.26 Å². The first kappa shape index (κ1) is 14.8. The molecule has 0 unspecified atom stereocenters. The molecule has 0 radical (unpaired) electrons. The van der Waals surface area contributed by atoms with Crippen molar-refractivity contribution < 1.29 is 14.1 Å². The Labute approximate surface area is 134 Å². The van der Waals surface area contributed by atoms with Crippen molar-refractivity contribution >= 4 is 12.4 Å². The van der Waals surface area contributed by atoms with Crippen LogP contribution in [-0.4, -0.2) is 18.6 Å². The largest absolute Gasteiger partial charge is 0.497 e. The molecule has 0 bridgehead atoms. The van der Waals surface area contributed by atoms with Crippen molar-refractivity contribution in [2.75, 3.05) is 7.11 Å². The highest BCUT2D eigenvalue weighted by molar-refractivity contribution is 5.85. The average molecular weight is 305 g/mol. The first-order valence-electron chi connectivity index (χ1n) is 7.15. The summed E-state index contributed by atoms with van der Waals surface area (Å²) in [6.07, 6.45) is 3.88. The van der Waals surface area contributed by atoms with Crippen molar-refractivity contribution in [2.24, 2.45) is 0 Å². The van der Waals surface area contributed by atoms with Crippen LogP contribution in [0.4, 0.5) is 0 Å². The molecule has 0 amide bonds. The van der Waals surface area contributed by atoms with E-state index in [1.54, 1.807) is 13.2 Å². The van der Waals surface area contributed by atoms with Gasteiger partial charge in [-0.2, -0.15) is 0 Å². The highest BCUT2D eigenvalue weighted by atomic mass is 16.5. The van der Waals surface area contributed by atoms with E-state index >= 15 is 0 Å². The highest BCUT2D eigenvalue weighted by Gasteiger charge is 2.17. The molecule has 0 spiro atoms. The highest BCUT2D eigenvalue weighted by Crippen LogP contribution is 2.34. The molecule has 0 saturated carbocycles. The van der Waals surface area contributed by atoms with Crippen molar-refractivity contribution in [3.05, 3.63) is 66.2 Å². The summed E-state index contributed by atoms with van der Waals surface area (Å²) in [5, 5.41) is 4.19. The smallest absolute Gasteiger partial charge is 0.174 e. The van der Waals surface area contributed by atoms with E-state index in [2.05, 4.69) is 5.16 Å². The molecule has 1 aromatic heterocycles. The van der Waals surface area contributed by atoms with E-state index in [0.717, 1.165) is 28.7 Å². The molecule has 3 rings (SSSR count). The summed E-state index contributed by atoms with van der Waals surface area (Å²) in [6.45, 7) is 0. The predicted octanol–water partition coefficient (Wildman–Crippen LogP) is 4.23. The molecule has 23 heavy (non-hydrogen) atoms. The van der Waals surface area contributed by atoms with Crippen LogP contribution >= 0.6 is 0 Å². The standard InChI is InChI=1S/C19H15NO3/c1-22-16-10-5-9-15(13-16)18-17(11-6-12-21)19(23-20-18)14-7-3-2-4-8-14/h2-13H,1H3/b11-6+. The van der Waals surface area contributed by atoms with Gasteiger partial charge in [0.2, 0.25) is 0 Å². The van der Waals surface area contributed by atoms with Crippen LogP contribution in [0.2, 0.25) is 0 Å². The number of methoxy groups -OCH3 is 1. The lowest BCUT2D eigenvalue weighted by atomic mass is 10.0. The molecule has 4 heteroatoms. The number of hydrogen-bond acceptors (Lipinski definition) is 4. The SMILES string of the molecule is COc1cccc(-c2noc(-c3ccccc3)c2/C=C/C=O)c1. The molecule has 1 heterocycles. The second kappa shape index (κ2) is 6.75. The first-order valence-corrected chi connectivity index (χ1v) is 7.15.